The van der Waals surface area contributed by atoms with Crippen molar-refractivity contribution in [3.63, 3.8) is 0 Å². The summed E-state index contributed by atoms with van der Waals surface area (Å²) in [5, 5.41) is 35.5. The van der Waals surface area contributed by atoms with E-state index >= 15 is 0 Å². The van der Waals surface area contributed by atoms with Crippen molar-refractivity contribution in [2.24, 2.45) is 0 Å². The molecule has 2 rings (SSSR count). The highest BCUT2D eigenvalue weighted by molar-refractivity contribution is 5.92. The van der Waals surface area contributed by atoms with Crippen molar-refractivity contribution in [3.8, 4) is 0 Å². The number of urea groups is 1. The Bertz CT molecular complexity index is 886. The summed E-state index contributed by atoms with van der Waals surface area (Å²) in [6.45, 7) is 0. The number of nitrogens with zero attached hydrogens (tertiary/aromatic N) is 2. The molecule has 0 fully saturated rings. The summed E-state index contributed by atoms with van der Waals surface area (Å²) >= 11 is 0. The van der Waals surface area contributed by atoms with Gasteiger partial charge in [-0.15, -0.1) is 0 Å². The normalized spacial score (nSPS) is 11.3. The number of nitrogens with one attached hydrogen (secondary N) is 2. The van der Waals surface area contributed by atoms with Crippen molar-refractivity contribution >= 4 is 29.1 Å². The molecule has 2 aromatic rings. The molecule has 0 aliphatic carbocycles. The van der Waals surface area contributed by atoms with E-state index in [1.807, 2.05) is 0 Å². The lowest BCUT2D eigenvalue weighted by Gasteiger charge is -2.15. The number of rotatable bonds is 7. The summed E-state index contributed by atoms with van der Waals surface area (Å²) in [7, 11) is 0. The number of anilines is 1. The first kappa shape index (κ1) is 19.3. The first-order valence-electron chi connectivity index (χ1n) is 7.55. The highest BCUT2D eigenvalue weighted by Crippen LogP contribution is 2.29. The Kier molecular flexibility index (Phi) is 5.99. The maximum atomic E-state index is 12.0. The van der Waals surface area contributed by atoms with Gasteiger partial charge in [-0.25, -0.2) is 9.59 Å². The van der Waals surface area contributed by atoms with Crippen molar-refractivity contribution in [3.05, 3.63) is 74.3 Å². The van der Waals surface area contributed by atoms with Gasteiger partial charge >= 0.3 is 23.4 Å². The van der Waals surface area contributed by atoms with Crippen molar-refractivity contribution in [1.82, 2.24) is 5.32 Å². The molecule has 140 valence electrons. The van der Waals surface area contributed by atoms with Crippen LogP contribution in [0.3, 0.4) is 0 Å². The Morgan fingerprint density at radius 2 is 1.63 bits per heavy atom. The molecule has 0 saturated carbocycles. The molecule has 11 nitrogen and oxygen atoms in total. The van der Waals surface area contributed by atoms with Gasteiger partial charge in [0.05, 0.1) is 9.85 Å². The molecule has 0 aliphatic rings. The molecule has 27 heavy (non-hydrogen) atoms. The van der Waals surface area contributed by atoms with E-state index in [9.17, 15) is 34.9 Å². The van der Waals surface area contributed by atoms with Gasteiger partial charge in [0.2, 0.25) is 0 Å². The largest absolute Gasteiger partial charge is 0.480 e. The summed E-state index contributed by atoms with van der Waals surface area (Å²) in [6, 6.07) is 9.29. The lowest BCUT2D eigenvalue weighted by molar-refractivity contribution is -0.422. The number of hydrogen-bond donors (Lipinski definition) is 3. The van der Waals surface area contributed by atoms with Gasteiger partial charge in [0.25, 0.3) is 0 Å². The van der Waals surface area contributed by atoms with Crippen LogP contribution < -0.4 is 10.6 Å². The van der Waals surface area contributed by atoms with E-state index in [0.29, 0.717) is 5.56 Å². The molecular weight excluding hydrogens is 360 g/mol. The minimum atomic E-state index is -1.26. The highest BCUT2D eigenvalue weighted by atomic mass is 16.6. The predicted molar refractivity (Wildman–Crippen MR) is 93.5 cm³/mol. The molecule has 0 bridgehead atoms. The van der Waals surface area contributed by atoms with Crippen LogP contribution in [0, 0.1) is 20.2 Å². The smallest absolute Gasteiger partial charge is 0.348 e. The Morgan fingerprint density at radius 3 is 2.19 bits per heavy atom. The standard InChI is InChI=1S/C16H14N4O7/c21-15(22)12(8-10-4-2-1-3-5-10)18-16(23)17-11-6-7-13(19(24)25)14(9-11)20(26)27/h1-7,9,12H,8H2,(H,21,22)(H2,17,18,23)/t12-/m1/s1. The van der Waals surface area contributed by atoms with E-state index in [-0.39, 0.29) is 12.1 Å². The Morgan fingerprint density at radius 1 is 1.00 bits per heavy atom. The average molecular weight is 374 g/mol. The number of benzene rings is 2. The van der Waals surface area contributed by atoms with Gasteiger partial charge in [-0.1, -0.05) is 30.3 Å². The first-order valence-corrected chi connectivity index (χ1v) is 7.55. The van der Waals surface area contributed by atoms with Crippen LogP contribution in [0.5, 0.6) is 0 Å². The van der Waals surface area contributed by atoms with Gasteiger partial charge < -0.3 is 15.7 Å². The number of amides is 2. The van der Waals surface area contributed by atoms with Crippen molar-refractivity contribution < 1.29 is 24.5 Å². The van der Waals surface area contributed by atoms with Crippen LogP contribution in [0.2, 0.25) is 0 Å². The third-order valence-corrected chi connectivity index (χ3v) is 3.51. The van der Waals surface area contributed by atoms with Crippen molar-refractivity contribution in [2.45, 2.75) is 12.5 Å². The number of hydrogen-bond acceptors (Lipinski definition) is 6. The molecular formula is C16H14N4O7. The molecule has 0 radical (unpaired) electrons. The van der Waals surface area contributed by atoms with E-state index < -0.39 is 39.3 Å². The Labute approximate surface area is 151 Å². The van der Waals surface area contributed by atoms with Crippen LogP contribution in [-0.4, -0.2) is 33.0 Å². The second kappa shape index (κ2) is 8.38. The Balaban J connectivity index is 2.11. The fourth-order valence-electron chi connectivity index (χ4n) is 2.28. The topological polar surface area (TPSA) is 165 Å². The summed E-state index contributed by atoms with van der Waals surface area (Å²) in [6.07, 6.45) is 0.0317. The van der Waals surface area contributed by atoms with Gasteiger partial charge in [0.1, 0.15) is 6.04 Å². The number of aliphatic carboxylic acids is 1. The number of nitro groups is 2. The quantitative estimate of drug-likeness (QED) is 0.494. The lowest BCUT2D eigenvalue weighted by atomic mass is 10.1. The monoisotopic (exact) mass is 374 g/mol. The molecule has 0 unspecified atom stereocenters. The number of carbonyl (C=O) groups excluding carboxylic acids is 1. The van der Waals surface area contributed by atoms with E-state index in [1.54, 1.807) is 30.3 Å². The van der Waals surface area contributed by atoms with E-state index in [1.165, 1.54) is 0 Å². The zero-order chi connectivity index (χ0) is 20.0. The van der Waals surface area contributed by atoms with E-state index in [4.69, 9.17) is 0 Å². The highest BCUT2D eigenvalue weighted by Gasteiger charge is 2.25. The maximum absolute atomic E-state index is 12.0. The summed E-state index contributed by atoms with van der Waals surface area (Å²) in [4.78, 5) is 43.2. The Hall–Kier alpha value is -4.02. The molecule has 0 aromatic heterocycles. The molecule has 1 atom stereocenters. The van der Waals surface area contributed by atoms with Crippen LogP contribution in [0.4, 0.5) is 21.9 Å². The van der Waals surface area contributed by atoms with E-state index in [0.717, 1.165) is 18.2 Å². The van der Waals surface area contributed by atoms with Crippen LogP contribution in [-0.2, 0) is 11.2 Å². The van der Waals surface area contributed by atoms with Crippen LogP contribution >= 0.6 is 0 Å². The minimum absolute atomic E-state index is 0.0317. The number of carbonyl (C=O) groups is 2. The zero-order valence-electron chi connectivity index (χ0n) is 13.7. The lowest BCUT2D eigenvalue weighted by Crippen LogP contribution is -2.44. The summed E-state index contributed by atoms with van der Waals surface area (Å²) in [5.74, 6) is -1.26. The molecule has 3 N–H and O–H groups in total. The average Bonchev–Trinajstić information content (AvgIpc) is 2.61. The zero-order valence-corrected chi connectivity index (χ0v) is 13.7. The number of carboxylic acid groups (broad SMARTS) is 1. The maximum Gasteiger partial charge on any atom is 0.348 e. The molecule has 2 aromatic carbocycles. The van der Waals surface area contributed by atoms with Gasteiger partial charge in [-0.05, 0) is 11.6 Å². The number of nitro benzene ring substituents is 2. The van der Waals surface area contributed by atoms with Crippen LogP contribution in [0.25, 0.3) is 0 Å². The fourth-order valence-corrected chi connectivity index (χ4v) is 2.28. The second-order valence-corrected chi connectivity index (χ2v) is 5.40. The first-order chi connectivity index (χ1) is 12.8. The third-order valence-electron chi connectivity index (χ3n) is 3.51. The molecule has 11 heteroatoms. The van der Waals surface area contributed by atoms with Gasteiger partial charge in [0.15, 0.2) is 0 Å². The SMILES string of the molecule is O=C(Nc1ccc([N+](=O)[O-])c([N+](=O)[O-])c1)N[C@H](Cc1ccccc1)C(=O)O. The van der Waals surface area contributed by atoms with Crippen molar-refractivity contribution in [1.29, 1.82) is 0 Å². The summed E-state index contributed by atoms with van der Waals surface area (Å²) < 4.78 is 0. The molecule has 2 amide bonds. The molecule has 0 aliphatic heterocycles. The van der Waals surface area contributed by atoms with Gasteiger partial charge in [0, 0.05) is 24.2 Å². The van der Waals surface area contributed by atoms with Gasteiger partial charge in [-0.2, -0.15) is 0 Å². The minimum Gasteiger partial charge on any atom is -0.480 e. The van der Waals surface area contributed by atoms with Crippen molar-refractivity contribution in [2.75, 3.05) is 5.32 Å². The number of carboxylic acids is 1. The summed E-state index contributed by atoms with van der Waals surface area (Å²) in [5.41, 5.74) is -0.917. The molecule has 0 saturated heterocycles. The fraction of sp³-hybridized carbons (Fsp3) is 0.125. The van der Waals surface area contributed by atoms with Gasteiger partial charge in [-0.3, -0.25) is 20.2 Å². The second-order valence-electron chi connectivity index (χ2n) is 5.40. The third kappa shape index (κ3) is 5.22. The molecule has 0 heterocycles. The molecule has 0 spiro atoms. The van der Waals surface area contributed by atoms with Crippen LogP contribution in [0.15, 0.2) is 48.5 Å². The predicted octanol–water partition coefficient (Wildman–Crippen LogP) is 2.32. The van der Waals surface area contributed by atoms with E-state index in [2.05, 4.69) is 10.6 Å². The van der Waals surface area contributed by atoms with Crippen LogP contribution in [0.1, 0.15) is 5.56 Å².